The number of aromatic nitrogens is 9. The summed E-state index contributed by atoms with van der Waals surface area (Å²) in [5, 5.41) is 21.9. The van der Waals surface area contributed by atoms with E-state index < -0.39 is 0 Å². The van der Waals surface area contributed by atoms with Crippen LogP contribution in [0.1, 0.15) is 38.2 Å². The molecule has 0 aliphatic carbocycles. The highest BCUT2D eigenvalue weighted by molar-refractivity contribution is 5.69. The van der Waals surface area contributed by atoms with Crippen molar-refractivity contribution in [3.8, 4) is 11.3 Å². The third-order valence-corrected chi connectivity index (χ3v) is 6.81. The number of β-amino-alcohol motifs (C(OH)–C–C–N with tert-alkyl or cyclic N) is 1. The Hall–Kier alpha value is -3.77. The monoisotopic (exact) mass is 517 g/mol. The molecule has 0 bridgehead atoms. The van der Waals surface area contributed by atoms with E-state index in [1.165, 1.54) is 5.57 Å². The first-order chi connectivity index (χ1) is 18.6. The molecule has 0 unspecified atom stereocenters. The fourth-order valence-corrected chi connectivity index (χ4v) is 4.64. The lowest BCUT2D eigenvalue weighted by Gasteiger charge is -2.26. The normalized spacial score (nSPS) is 14.2. The Kier molecular flexibility index (Phi) is 8.29. The van der Waals surface area contributed by atoms with Gasteiger partial charge in [0.05, 0.1) is 24.7 Å². The molecule has 200 valence electrons. The number of aliphatic hydroxyl groups is 1. The smallest absolute Gasteiger partial charge is 0.225 e. The molecule has 1 N–H and O–H groups in total. The summed E-state index contributed by atoms with van der Waals surface area (Å²) in [6.07, 6.45) is 15.5. The molecule has 5 heterocycles. The summed E-state index contributed by atoms with van der Waals surface area (Å²) in [6.45, 7) is 7.27. The fraction of sp³-hybridized carbons (Fsp3) is 0.500. The number of nitrogens with zero attached hydrogens (tertiary/aromatic N) is 11. The molecule has 1 aliphatic heterocycles. The van der Waals surface area contributed by atoms with Gasteiger partial charge in [0, 0.05) is 76.0 Å². The van der Waals surface area contributed by atoms with Gasteiger partial charge in [0.15, 0.2) is 5.65 Å². The summed E-state index contributed by atoms with van der Waals surface area (Å²) >= 11 is 0. The van der Waals surface area contributed by atoms with Crippen LogP contribution < -0.4 is 4.90 Å². The number of aliphatic hydroxyl groups excluding tert-OH is 1. The van der Waals surface area contributed by atoms with Gasteiger partial charge < -0.3 is 10.0 Å². The van der Waals surface area contributed by atoms with Gasteiger partial charge in [-0.2, -0.15) is 5.10 Å². The van der Waals surface area contributed by atoms with Crippen LogP contribution in [0.3, 0.4) is 0 Å². The molecule has 5 rings (SSSR count). The Morgan fingerprint density at radius 3 is 2.55 bits per heavy atom. The second-order valence-corrected chi connectivity index (χ2v) is 9.59. The van der Waals surface area contributed by atoms with Crippen molar-refractivity contribution >= 4 is 22.8 Å². The number of rotatable bonds is 12. The van der Waals surface area contributed by atoms with E-state index in [4.69, 9.17) is 20.1 Å². The zero-order valence-electron chi connectivity index (χ0n) is 22.1. The van der Waals surface area contributed by atoms with Crippen molar-refractivity contribution in [3.63, 3.8) is 0 Å². The Morgan fingerprint density at radius 1 is 1.00 bits per heavy atom. The van der Waals surface area contributed by atoms with E-state index in [0.717, 1.165) is 74.6 Å². The molecule has 1 aliphatic rings. The highest BCUT2D eigenvalue weighted by Crippen LogP contribution is 2.22. The average molecular weight is 518 g/mol. The summed E-state index contributed by atoms with van der Waals surface area (Å²) in [6, 6.07) is 0. The molecule has 0 aromatic carbocycles. The van der Waals surface area contributed by atoms with Crippen LogP contribution in [0, 0.1) is 0 Å². The third kappa shape index (κ3) is 6.03. The average Bonchev–Trinajstić information content (AvgIpc) is 3.57. The zero-order valence-corrected chi connectivity index (χ0v) is 22.1. The number of unbranched alkanes of at least 4 members (excludes halogenated alkanes) is 1. The van der Waals surface area contributed by atoms with Crippen LogP contribution in [0.2, 0.25) is 0 Å². The second kappa shape index (κ2) is 12.2. The largest absolute Gasteiger partial charge is 0.395 e. The van der Waals surface area contributed by atoms with Crippen LogP contribution in [0.5, 0.6) is 0 Å². The third-order valence-electron chi connectivity index (χ3n) is 6.81. The van der Waals surface area contributed by atoms with Crippen molar-refractivity contribution in [2.45, 2.75) is 39.2 Å². The van der Waals surface area contributed by atoms with E-state index in [1.807, 2.05) is 30.3 Å². The lowest BCUT2D eigenvalue weighted by molar-refractivity contribution is 0.208. The quantitative estimate of drug-likeness (QED) is 0.299. The SMILES string of the molecule is CCCCN(CCCn1nnc2ncc(-c3cnn(C)c3)nc21)c1ncc(C2=CCN(CCO)CC2)cn1. The number of hydrogen-bond donors (Lipinski definition) is 1. The summed E-state index contributed by atoms with van der Waals surface area (Å²) < 4.78 is 3.56. The van der Waals surface area contributed by atoms with Crippen LogP contribution in [-0.4, -0.2) is 94.0 Å². The highest BCUT2D eigenvalue weighted by Gasteiger charge is 2.16. The van der Waals surface area contributed by atoms with Gasteiger partial charge in [-0.3, -0.25) is 9.58 Å². The van der Waals surface area contributed by atoms with Gasteiger partial charge in [-0.05, 0) is 24.8 Å². The summed E-state index contributed by atoms with van der Waals surface area (Å²) in [5.41, 5.74) is 5.22. The maximum absolute atomic E-state index is 9.16. The topological polar surface area (TPSA) is 127 Å². The van der Waals surface area contributed by atoms with E-state index in [-0.39, 0.29) is 6.61 Å². The van der Waals surface area contributed by atoms with E-state index in [9.17, 15) is 0 Å². The van der Waals surface area contributed by atoms with Crippen molar-refractivity contribution < 1.29 is 5.11 Å². The molecule has 4 aromatic rings. The Morgan fingerprint density at radius 2 is 1.84 bits per heavy atom. The molecule has 0 radical (unpaired) electrons. The van der Waals surface area contributed by atoms with Crippen molar-refractivity contribution in [2.75, 3.05) is 44.2 Å². The van der Waals surface area contributed by atoms with E-state index in [2.05, 4.69) is 43.2 Å². The van der Waals surface area contributed by atoms with Gasteiger partial charge >= 0.3 is 0 Å². The van der Waals surface area contributed by atoms with Gasteiger partial charge in [0.25, 0.3) is 0 Å². The van der Waals surface area contributed by atoms with Gasteiger partial charge in [0.1, 0.15) is 0 Å². The van der Waals surface area contributed by atoms with Crippen LogP contribution in [0.4, 0.5) is 5.95 Å². The summed E-state index contributed by atoms with van der Waals surface area (Å²) in [5.74, 6) is 0.752. The minimum atomic E-state index is 0.196. The molecule has 4 aromatic heterocycles. The first-order valence-electron chi connectivity index (χ1n) is 13.3. The Labute approximate surface area is 222 Å². The molecule has 12 nitrogen and oxygen atoms in total. The minimum Gasteiger partial charge on any atom is -0.395 e. The van der Waals surface area contributed by atoms with Crippen LogP contribution in [-0.2, 0) is 13.6 Å². The van der Waals surface area contributed by atoms with E-state index in [0.29, 0.717) is 24.4 Å². The maximum Gasteiger partial charge on any atom is 0.225 e. The molecule has 0 spiro atoms. The first-order valence-corrected chi connectivity index (χ1v) is 13.3. The molecule has 0 fully saturated rings. The van der Waals surface area contributed by atoms with Crippen LogP contribution in [0.25, 0.3) is 28.1 Å². The summed E-state index contributed by atoms with van der Waals surface area (Å²) in [4.78, 5) is 23.1. The highest BCUT2D eigenvalue weighted by atomic mass is 16.3. The number of anilines is 1. The minimum absolute atomic E-state index is 0.196. The summed E-state index contributed by atoms with van der Waals surface area (Å²) in [7, 11) is 1.88. The molecule has 0 atom stereocenters. The Balaban J connectivity index is 1.24. The van der Waals surface area contributed by atoms with Gasteiger partial charge in [-0.25, -0.2) is 24.6 Å². The lowest BCUT2D eigenvalue weighted by Crippen LogP contribution is -2.31. The van der Waals surface area contributed by atoms with E-state index in [1.54, 1.807) is 17.1 Å². The Bertz CT molecular complexity index is 1360. The zero-order chi connectivity index (χ0) is 26.3. The lowest BCUT2D eigenvalue weighted by atomic mass is 10.0. The van der Waals surface area contributed by atoms with Gasteiger partial charge in [0.2, 0.25) is 11.6 Å². The van der Waals surface area contributed by atoms with Gasteiger partial charge in [-0.1, -0.05) is 24.6 Å². The number of aryl methyl sites for hydroxylation is 2. The fourth-order valence-electron chi connectivity index (χ4n) is 4.64. The molecule has 38 heavy (non-hydrogen) atoms. The maximum atomic E-state index is 9.16. The van der Waals surface area contributed by atoms with Crippen molar-refractivity contribution in [1.82, 2.24) is 49.6 Å². The second-order valence-electron chi connectivity index (χ2n) is 9.59. The molecule has 0 saturated carbocycles. The predicted molar refractivity (Wildman–Crippen MR) is 145 cm³/mol. The first kappa shape index (κ1) is 25.9. The van der Waals surface area contributed by atoms with Crippen molar-refractivity contribution in [1.29, 1.82) is 0 Å². The standard InChI is InChI=1S/C26H35N11O/c1-3-4-8-36(26-28-15-21(16-29-26)20-6-11-35(12-7-20)13-14-38)9-5-10-37-25-24(32-33-37)27-18-23(31-25)22-17-30-34(2)19-22/h6,15-19,38H,3-5,7-14H2,1-2H3. The van der Waals surface area contributed by atoms with Crippen LogP contribution in [0.15, 0.2) is 37.1 Å². The number of hydrogen-bond acceptors (Lipinski definition) is 10. The molecule has 0 saturated heterocycles. The van der Waals surface area contributed by atoms with Crippen LogP contribution >= 0.6 is 0 Å². The molecule has 0 amide bonds. The molecular formula is C26H35N11O. The molecular weight excluding hydrogens is 482 g/mol. The van der Waals surface area contributed by atoms with E-state index >= 15 is 0 Å². The predicted octanol–water partition coefficient (Wildman–Crippen LogP) is 2.19. The van der Waals surface area contributed by atoms with Crippen molar-refractivity contribution in [2.24, 2.45) is 7.05 Å². The van der Waals surface area contributed by atoms with Crippen molar-refractivity contribution in [3.05, 3.63) is 42.6 Å². The molecule has 12 heteroatoms. The number of fused-ring (bicyclic) bond motifs is 1. The van der Waals surface area contributed by atoms with Gasteiger partial charge in [-0.15, -0.1) is 5.10 Å².